The first-order valence-corrected chi connectivity index (χ1v) is 5.69. The topological polar surface area (TPSA) is 55.4 Å². The Morgan fingerprint density at radius 2 is 2.00 bits per heavy atom. The number of hydrogen-bond donors (Lipinski definition) is 1. The van der Waals surface area contributed by atoms with Crippen LogP contribution in [0.1, 0.15) is 29.8 Å². The molecule has 1 heterocycles. The molecule has 1 aliphatic heterocycles. The Balaban J connectivity index is 0.000000686. The summed E-state index contributed by atoms with van der Waals surface area (Å²) in [4.78, 5) is 22.9. The predicted molar refractivity (Wildman–Crippen MR) is 64.8 cm³/mol. The van der Waals surface area contributed by atoms with Crippen molar-refractivity contribution in [2.45, 2.75) is 26.3 Å². The van der Waals surface area contributed by atoms with Crippen LogP contribution >= 0.6 is 0 Å². The second-order valence-electron chi connectivity index (χ2n) is 3.41. The van der Waals surface area contributed by atoms with Crippen LogP contribution in [0.2, 0.25) is 0 Å². The number of ether oxygens (including phenoxy) is 1. The highest BCUT2D eigenvalue weighted by Gasteiger charge is 2.28. The third-order valence-corrected chi connectivity index (χ3v) is 2.48. The largest absolute Gasteiger partial charge is 0.467 e. The Morgan fingerprint density at radius 3 is 2.65 bits per heavy atom. The third-order valence-electron chi connectivity index (χ3n) is 2.48. The van der Waals surface area contributed by atoms with Crippen molar-refractivity contribution in [1.29, 1.82) is 0 Å². The number of rotatable bonds is 1. The number of carbonyl (C=O) groups excluding carboxylic acids is 2. The summed E-state index contributed by atoms with van der Waals surface area (Å²) in [6, 6.07) is 6.70. The van der Waals surface area contributed by atoms with Crippen LogP contribution in [-0.2, 0) is 16.0 Å². The first-order chi connectivity index (χ1) is 8.22. The van der Waals surface area contributed by atoms with E-state index in [-0.39, 0.29) is 5.91 Å². The fraction of sp³-hybridized carbons (Fsp3) is 0.385. The van der Waals surface area contributed by atoms with E-state index in [4.69, 9.17) is 0 Å². The van der Waals surface area contributed by atoms with Gasteiger partial charge in [0.25, 0.3) is 5.91 Å². The van der Waals surface area contributed by atoms with Crippen molar-refractivity contribution in [3.63, 3.8) is 0 Å². The zero-order valence-corrected chi connectivity index (χ0v) is 10.3. The minimum atomic E-state index is -0.558. The molecule has 1 aromatic carbocycles. The summed E-state index contributed by atoms with van der Waals surface area (Å²) in [6.45, 7) is 4.00. The molecule has 0 fully saturated rings. The second-order valence-corrected chi connectivity index (χ2v) is 3.41. The molecule has 2 rings (SSSR count). The highest BCUT2D eigenvalue weighted by atomic mass is 16.5. The number of fused-ring (bicyclic) bond motifs is 1. The van der Waals surface area contributed by atoms with E-state index >= 15 is 0 Å². The number of amides is 1. The van der Waals surface area contributed by atoms with Crippen molar-refractivity contribution in [1.82, 2.24) is 5.32 Å². The van der Waals surface area contributed by atoms with E-state index in [1.165, 1.54) is 7.11 Å². The molecule has 1 aromatic rings. The van der Waals surface area contributed by atoms with E-state index in [9.17, 15) is 9.59 Å². The Hall–Kier alpha value is -1.84. The van der Waals surface area contributed by atoms with Crippen LogP contribution in [0.25, 0.3) is 0 Å². The van der Waals surface area contributed by atoms with Gasteiger partial charge in [-0.3, -0.25) is 4.79 Å². The lowest BCUT2D eigenvalue weighted by atomic mass is 9.95. The van der Waals surface area contributed by atoms with Gasteiger partial charge in [-0.25, -0.2) is 4.79 Å². The van der Waals surface area contributed by atoms with E-state index in [1.54, 1.807) is 12.1 Å². The van der Waals surface area contributed by atoms with Crippen LogP contribution < -0.4 is 5.32 Å². The van der Waals surface area contributed by atoms with E-state index < -0.39 is 12.0 Å². The quantitative estimate of drug-likeness (QED) is 0.751. The smallest absolute Gasteiger partial charge is 0.328 e. The number of methoxy groups -OCH3 is 1. The molecule has 1 aliphatic rings. The van der Waals surface area contributed by atoms with Crippen molar-refractivity contribution in [2.75, 3.05) is 7.11 Å². The fourth-order valence-electron chi connectivity index (χ4n) is 1.71. The molecule has 0 saturated heterocycles. The molecule has 17 heavy (non-hydrogen) atoms. The molecular weight excluding hydrogens is 218 g/mol. The Kier molecular flexibility index (Phi) is 4.69. The Labute approximate surface area is 101 Å². The first kappa shape index (κ1) is 13.2. The van der Waals surface area contributed by atoms with Gasteiger partial charge in [-0.2, -0.15) is 0 Å². The molecule has 1 N–H and O–H groups in total. The van der Waals surface area contributed by atoms with Gasteiger partial charge < -0.3 is 10.1 Å². The van der Waals surface area contributed by atoms with Crippen molar-refractivity contribution in [2.24, 2.45) is 0 Å². The van der Waals surface area contributed by atoms with Gasteiger partial charge >= 0.3 is 5.97 Å². The van der Waals surface area contributed by atoms with Gasteiger partial charge in [-0.15, -0.1) is 0 Å². The molecule has 0 aromatic heterocycles. The molecule has 1 amide bonds. The maximum atomic E-state index is 11.6. The lowest BCUT2D eigenvalue weighted by Crippen LogP contribution is -2.46. The number of esters is 1. The zero-order chi connectivity index (χ0) is 12.8. The van der Waals surface area contributed by atoms with Crippen LogP contribution in [0.4, 0.5) is 0 Å². The molecule has 0 aliphatic carbocycles. The van der Waals surface area contributed by atoms with Gasteiger partial charge in [-0.1, -0.05) is 32.0 Å². The Bertz CT molecular complexity index is 415. The fourth-order valence-corrected chi connectivity index (χ4v) is 1.71. The summed E-state index contributed by atoms with van der Waals surface area (Å²) >= 11 is 0. The molecule has 1 unspecified atom stereocenters. The summed E-state index contributed by atoms with van der Waals surface area (Å²) < 4.78 is 4.60. The van der Waals surface area contributed by atoms with Crippen LogP contribution in [0, 0.1) is 0 Å². The maximum Gasteiger partial charge on any atom is 0.328 e. The first-order valence-electron chi connectivity index (χ1n) is 5.69. The average molecular weight is 235 g/mol. The minimum absolute atomic E-state index is 0.216. The molecule has 4 heteroatoms. The highest BCUT2D eigenvalue weighted by molar-refractivity contribution is 5.99. The number of hydrogen-bond acceptors (Lipinski definition) is 3. The van der Waals surface area contributed by atoms with Crippen LogP contribution in [-0.4, -0.2) is 25.0 Å². The van der Waals surface area contributed by atoms with E-state index in [0.29, 0.717) is 12.0 Å². The molecule has 0 bridgehead atoms. The van der Waals surface area contributed by atoms with E-state index in [2.05, 4.69) is 10.1 Å². The monoisotopic (exact) mass is 235 g/mol. The molecule has 4 nitrogen and oxygen atoms in total. The SMILES string of the molecule is CC.COC(=O)C1Cc2ccccc2C(=O)N1. The molecule has 1 atom stereocenters. The molecule has 0 saturated carbocycles. The second kappa shape index (κ2) is 6.03. The van der Waals surface area contributed by atoms with Crippen molar-refractivity contribution < 1.29 is 14.3 Å². The lowest BCUT2D eigenvalue weighted by molar-refractivity contribution is -0.142. The molecule has 0 radical (unpaired) electrons. The van der Waals surface area contributed by atoms with Gasteiger partial charge in [0.1, 0.15) is 6.04 Å². The average Bonchev–Trinajstić information content (AvgIpc) is 2.40. The van der Waals surface area contributed by atoms with Gasteiger partial charge in [0.05, 0.1) is 7.11 Å². The summed E-state index contributed by atoms with van der Waals surface area (Å²) in [6.07, 6.45) is 0.495. The van der Waals surface area contributed by atoms with Crippen LogP contribution in [0.15, 0.2) is 24.3 Å². The summed E-state index contributed by atoms with van der Waals surface area (Å²) in [7, 11) is 1.31. The van der Waals surface area contributed by atoms with E-state index in [1.807, 2.05) is 26.0 Å². The summed E-state index contributed by atoms with van der Waals surface area (Å²) in [5, 5.41) is 2.61. The van der Waals surface area contributed by atoms with Gasteiger partial charge in [0.15, 0.2) is 0 Å². The number of carbonyl (C=O) groups is 2. The van der Waals surface area contributed by atoms with Crippen molar-refractivity contribution >= 4 is 11.9 Å². The standard InChI is InChI=1S/C11H11NO3.C2H6/c1-15-11(14)9-6-7-4-2-3-5-8(7)10(13)12-9;1-2/h2-5,9H,6H2,1H3,(H,12,13);1-2H3. The molecule has 92 valence electrons. The normalized spacial score (nSPS) is 17.1. The van der Waals surface area contributed by atoms with E-state index in [0.717, 1.165) is 5.56 Å². The van der Waals surface area contributed by atoms with Crippen molar-refractivity contribution in [3.05, 3.63) is 35.4 Å². The van der Waals surface area contributed by atoms with Gasteiger partial charge in [0, 0.05) is 12.0 Å². The van der Waals surface area contributed by atoms with Gasteiger partial charge in [0.2, 0.25) is 0 Å². The predicted octanol–water partition coefficient (Wildman–Crippen LogP) is 1.54. The summed E-state index contributed by atoms with van der Waals surface area (Å²) in [5.74, 6) is -0.620. The number of benzene rings is 1. The van der Waals surface area contributed by atoms with Crippen LogP contribution in [0.3, 0.4) is 0 Å². The lowest BCUT2D eigenvalue weighted by Gasteiger charge is -2.23. The van der Waals surface area contributed by atoms with Crippen LogP contribution in [0.5, 0.6) is 0 Å². The Morgan fingerprint density at radius 1 is 1.35 bits per heavy atom. The molecular formula is C13H17NO3. The van der Waals surface area contributed by atoms with Gasteiger partial charge in [-0.05, 0) is 11.6 Å². The highest BCUT2D eigenvalue weighted by Crippen LogP contribution is 2.16. The molecule has 0 spiro atoms. The zero-order valence-electron chi connectivity index (χ0n) is 10.3. The van der Waals surface area contributed by atoms with Crippen molar-refractivity contribution in [3.8, 4) is 0 Å². The summed E-state index contributed by atoms with van der Waals surface area (Å²) in [5.41, 5.74) is 1.52. The third kappa shape index (κ3) is 2.84. The number of nitrogens with one attached hydrogen (secondary N) is 1. The maximum absolute atomic E-state index is 11.6. The minimum Gasteiger partial charge on any atom is -0.467 e.